The van der Waals surface area contributed by atoms with E-state index in [2.05, 4.69) is 15.3 Å². The summed E-state index contributed by atoms with van der Waals surface area (Å²) in [6.45, 7) is 0.243. The third-order valence-electron chi connectivity index (χ3n) is 6.29. The van der Waals surface area contributed by atoms with Gasteiger partial charge >= 0.3 is 0 Å². The molecule has 212 valence electrons. The number of amides is 1. The van der Waals surface area contributed by atoms with Crippen LogP contribution in [0.1, 0.15) is 11.1 Å². The maximum atomic E-state index is 13.7. The van der Waals surface area contributed by atoms with E-state index in [1.54, 1.807) is 37.4 Å². The van der Waals surface area contributed by atoms with Crippen LogP contribution in [-0.2, 0) is 27.9 Å². The standard InChI is InChI=1S/C28H24ClFN4O5S2/c1-38-23-10-5-18(11-24(23)39-2)13-31-26(35)16-40-28-32-14-25-27(33-28)21-9-6-19(29)12-22(21)34(41(25,36)37)15-17-3-7-20(30)8-4-17/h3-12,14H,13,15-16H2,1-2H3,(H,31,35). The number of aromatic nitrogens is 2. The van der Waals surface area contributed by atoms with Gasteiger partial charge in [0.05, 0.1) is 44.1 Å². The van der Waals surface area contributed by atoms with E-state index in [0.717, 1.165) is 17.3 Å². The number of halogens is 2. The Labute approximate surface area is 245 Å². The highest BCUT2D eigenvalue weighted by atomic mass is 35.5. The van der Waals surface area contributed by atoms with Crippen molar-refractivity contribution in [3.8, 4) is 22.8 Å². The van der Waals surface area contributed by atoms with Gasteiger partial charge in [-0.15, -0.1) is 0 Å². The Balaban J connectivity index is 1.34. The van der Waals surface area contributed by atoms with Gasteiger partial charge in [0.1, 0.15) is 10.7 Å². The Morgan fingerprint density at radius 1 is 1.02 bits per heavy atom. The van der Waals surface area contributed by atoms with Crippen molar-refractivity contribution in [2.45, 2.75) is 23.1 Å². The van der Waals surface area contributed by atoms with Gasteiger partial charge in [-0.1, -0.05) is 41.6 Å². The van der Waals surface area contributed by atoms with Crippen LogP contribution in [0.5, 0.6) is 11.5 Å². The number of hydrogen-bond donors (Lipinski definition) is 1. The van der Waals surface area contributed by atoms with Gasteiger partial charge in [0, 0.05) is 17.1 Å². The Hall–Kier alpha value is -3.87. The van der Waals surface area contributed by atoms with E-state index in [9.17, 15) is 17.6 Å². The number of sulfonamides is 1. The molecule has 13 heteroatoms. The van der Waals surface area contributed by atoms with Crippen LogP contribution in [0, 0.1) is 5.82 Å². The summed E-state index contributed by atoms with van der Waals surface area (Å²) in [7, 11) is -0.985. The molecule has 9 nitrogen and oxygen atoms in total. The third-order valence-corrected chi connectivity index (χ3v) is 9.15. The van der Waals surface area contributed by atoms with Gasteiger partial charge < -0.3 is 14.8 Å². The molecule has 0 fully saturated rings. The lowest BCUT2D eigenvalue weighted by Crippen LogP contribution is -2.34. The summed E-state index contributed by atoms with van der Waals surface area (Å²) in [5.74, 6) is 0.493. The summed E-state index contributed by atoms with van der Waals surface area (Å²) in [5, 5.41) is 3.43. The summed E-state index contributed by atoms with van der Waals surface area (Å²) in [6.07, 6.45) is 1.25. The molecular weight excluding hydrogens is 591 g/mol. The van der Waals surface area contributed by atoms with Crippen molar-refractivity contribution in [2.75, 3.05) is 24.3 Å². The number of carbonyl (C=O) groups excluding carboxylic acids is 1. The number of fused-ring (bicyclic) bond motifs is 3. The van der Waals surface area contributed by atoms with Crippen molar-refractivity contribution in [1.29, 1.82) is 0 Å². The second-order valence-corrected chi connectivity index (χ2v) is 12.1. The van der Waals surface area contributed by atoms with Crippen LogP contribution in [-0.4, -0.2) is 44.3 Å². The van der Waals surface area contributed by atoms with E-state index in [0.29, 0.717) is 33.3 Å². The van der Waals surface area contributed by atoms with Gasteiger partial charge in [-0.3, -0.25) is 9.10 Å². The molecular formula is C28H24ClFN4O5S2. The average molecular weight is 615 g/mol. The number of rotatable bonds is 9. The number of benzene rings is 3. The predicted molar refractivity (Wildman–Crippen MR) is 154 cm³/mol. The molecule has 1 N–H and O–H groups in total. The number of ether oxygens (including phenoxy) is 2. The first-order chi connectivity index (χ1) is 19.7. The van der Waals surface area contributed by atoms with E-state index in [1.807, 2.05) is 6.07 Å². The van der Waals surface area contributed by atoms with Crippen molar-refractivity contribution >= 4 is 45.0 Å². The molecule has 3 aromatic carbocycles. The molecule has 0 radical (unpaired) electrons. The highest BCUT2D eigenvalue weighted by molar-refractivity contribution is 7.99. The first kappa shape index (κ1) is 28.7. The number of carbonyl (C=O) groups is 1. The van der Waals surface area contributed by atoms with E-state index in [-0.39, 0.29) is 40.5 Å². The minimum atomic E-state index is -4.07. The number of nitrogens with one attached hydrogen (secondary N) is 1. The molecule has 0 atom stereocenters. The average Bonchev–Trinajstić information content (AvgIpc) is 2.97. The predicted octanol–water partition coefficient (Wildman–Crippen LogP) is 5.07. The number of thioether (sulfide) groups is 1. The Bertz CT molecular complexity index is 1720. The lowest BCUT2D eigenvalue weighted by molar-refractivity contribution is -0.118. The molecule has 0 saturated carbocycles. The normalized spacial score (nSPS) is 13.2. The molecule has 0 saturated heterocycles. The van der Waals surface area contributed by atoms with Crippen molar-refractivity contribution in [3.05, 3.63) is 88.8 Å². The smallest absolute Gasteiger partial charge is 0.268 e. The fourth-order valence-corrected chi connectivity index (χ4v) is 6.63. The molecule has 5 rings (SSSR count). The van der Waals surface area contributed by atoms with Crippen LogP contribution >= 0.6 is 23.4 Å². The van der Waals surface area contributed by atoms with E-state index in [1.165, 1.54) is 41.9 Å². The molecule has 1 amide bonds. The molecule has 0 unspecified atom stereocenters. The van der Waals surface area contributed by atoms with Crippen LogP contribution in [0.3, 0.4) is 0 Å². The highest BCUT2D eigenvalue weighted by Gasteiger charge is 2.37. The zero-order valence-electron chi connectivity index (χ0n) is 21.9. The summed E-state index contributed by atoms with van der Waals surface area (Å²) < 4.78 is 52.5. The molecule has 41 heavy (non-hydrogen) atoms. The van der Waals surface area contributed by atoms with Gasteiger partial charge in [0.25, 0.3) is 10.0 Å². The summed E-state index contributed by atoms with van der Waals surface area (Å²) >= 11 is 7.33. The van der Waals surface area contributed by atoms with Gasteiger partial charge in [-0.25, -0.2) is 22.8 Å². The molecule has 0 spiro atoms. The first-order valence-corrected chi connectivity index (χ1v) is 15.0. The topological polar surface area (TPSA) is 111 Å². The van der Waals surface area contributed by atoms with Crippen LogP contribution in [0.2, 0.25) is 5.02 Å². The van der Waals surface area contributed by atoms with Crippen molar-refractivity contribution in [3.63, 3.8) is 0 Å². The molecule has 1 aliphatic heterocycles. The van der Waals surface area contributed by atoms with Crippen molar-refractivity contribution in [1.82, 2.24) is 15.3 Å². The molecule has 1 aliphatic rings. The van der Waals surface area contributed by atoms with Crippen molar-refractivity contribution < 1.29 is 27.1 Å². The molecule has 2 heterocycles. The third kappa shape index (κ3) is 6.09. The lowest BCUT2D eigenvalue weighted by atomic mass is 10.1. The fraction of sp³-hybridized carbons (Fsp3) is 0.179. The van der Waals surface area contributed by atoms with E-state index in [4.69, 9.17) is 21.1 Å². The largest absolute Gasteiger partial charge is 0.493 e. The van der Waals surface area contributed by atoms with Gasteiger partial charge in [0.2, 0.25) is 5.91 Å². The number of methoxy groups -OCH3 is 2. The minimum Gasteiger partial charge on any atom is -0.493 e. The lowest BCUT2D eigenvalue weighted by Gasteiger charge is -2.31. The fourth-order valence-electron chi connectivity index (χ4n) is 4.26. The molecule has 4 aromatic rings. The molecule has 0 bridgehead atoms. The number of hydrogen-bond acceptors (Lipinski definition) is 8. The zero-order chi connectivity index (χ0) is 29.1. The second-order valence-electron chi connectivity index (χ2n) is 8.92. The molecule has 0 aliphatic carbocycles. The SMILES string of the molecule is COc1ccc(CNC(=O)CSc2ncc3c(n2)-c2ccc(Cl)cc2N(Cc2ccc(F)cc2)S3(=O)=O)cc1OC. The number of nitrogens with zero attached hydrogens (tertiary/aromatic N) is 3. The summed E-state index contributed by atoms with van der Waals surface area (Å²) in [4.78, 5) is 21.2. The number of anilines is 1. The first-order valence-electron chi connectivity index (χ1n) is 12.2. The Kier molecular flexibility index (Phi) is 8.34. The second kappa shape index (κ2) is 11.9. The maximum absolute atomic E-state index is 13.7. The van der Waals surface area contributed by atoms with E-state index < -0.39 is 15.8 Å². The molecule has 1 aromatic heterocycles. The maximum Gasteiger partial charge on any atom is 0.268 e. The Morgan fingerprint density at radius 3 is 2.49 bits per heavy atom. The summed E-state index contributed by atoms with van der Waals surface area (Å²) in [6, 6.07) is 15.9. The summed E-state index contributed by atoms with van der Waals surface area (Å²) in [5.41, 5.74) is 2.53. The van der Waals surface area contributed by atoms with Crippen LogP contribution in [0.15, 0.2) is 76.9 Å². The van der Waals surface area contributed by atoms with Crippen molar-refractivity contribution in [2.24, 2.45) is 0 Å². The van der Waals surface area contributed by atoms with Crippen LogP contribution in [0.25, 0.3) is 11.3 Å². The van der Waals surface area contributed by atoms with Crippen LogP contribution < -0.4 is 19.1 Å². The Morgan fingerprint density at radius 2 is 1.76 bits per heavy atom. The quantitative estimate of drug-likeness (QED) is 0.206. The van der Waals surface area contributed by atoms with Gasteiger partial charge in [0.15, 0.2) is 16.7 Å². The van der Waals surface area contributed by atoms with Crippen LogP contribution in [0.4, 0.5) is 10.1 Å². The van der Waals surface area contributed by atoms with E-state index >= 15 is 0 Å². The minimum absolute atomic E-state index is 0.0169. The zero-order valence-corrected chi connectivity index (χ0v) is 24.3. The highest BCUT2D eigenvalue weighted by Crippen LogP contribution is 2.44. The van der Waals surface area contributed by atoms with Gasteiger partial charge in [-0.05, 0) is 53.6 Å². The van der Waals surface area contributed by atoms with Gasteiger partial charge in [-0.2, -0.15) is 0 Å². The monoisotopic (exact) mass is 614 g/mol.